The zero-order chi connectivity index (χ0) is 11.3. The highest BCUT2D eigenvalue weighted by molar-refractivity contribution is 5.15. The van der Waals surface area contributed by atoms with E-state index in [1.165, 1.54) is 5.56 Å². The molecule has 1 aromatic rings. The number of rotatable bonds is 4. The van der Waals surface area contributed by atoms with Gasteiger partial charge in [-0.1, -0.05) is 30.3 Å². The standard InChI is InChI=1S/C13H20O2/c1-13(2,3)15-12(10-14)9-11-7-5-4-6-8-11/h4-8,12,14H,9-10H2,1-3H3/t12-/m1/s1. The van der Waals surface area contributed by atoms with Crippen molar-refractivity contribution < 1.29 is 9.84 Å². The molecular weight excluding hydrogens is 188 g/mol. The number of aliphatic hydroxyl groups is 1. The summed E-state index contributed by atoms with van der Waals surface area (Å²) in [5.74, 6) is 0. The van der Waals surface area contributed by atoms with Crippen LogP contribution in [0.3, 0.4) is 0 Å². The SMILES string of the molecule is CC(C)(C)O[C@@H](CO)Cc1ccccc1. The molecule has 1 atom stereocenters. The van der Waals surface area contributed by atoms with Gasteiger partial charge in [-0.05, 0) is 26.3 Å². The van der Waals surface area contributed by atoms with E-state index in [9.17, 15) is 5.11 Å². The van der Waals surface area contributed by atoms with Crippen molar-refractivity contribution in [3.8, 4) is 0 Å². The van der Waals surface area contributed by atoms with E-state index in [4.69, 9.17) is 4.74 Å². The Morgan fingerprint density at radius 3 is 2.27 bits per heavy atom. The van der Waals surface area contributed by atoms with E-state index in [-0.39, 0.29) is 18.3 Å². The van der Waals surface area contributed by atoms with Gasteiger partial charge in [-0.2, -0.15) is 0 Å². The molecule has 15 heavy (non-hydrogen) atoms. The van der Waals surface area contributed by atoms with Crippen molar-refractivity contribution in [2.75, 3.05) is 6.61 Å². The van der Waals surface area contributed by atoms with Gasteiger partial charge in [-0.3, -0.25) is 0 Å². The number of ether oxygens (including phenoxy) is 1. The fourth-order valence-electron chi connectivity index (χ4n) is 1.52. The van der Waals surface area contributed by atoms with Crippen molar-refractivity contribution in [1.29, 1.82) is 0 Å². The first-order valence-electron chi connectivity index (χ1n) is 5.34. The van der Waals surface area contributed by atoms with Crippen LogP contribution < -0.4 is 0 Å². The van der Waals surface area contributed by atoms with Gasteiger partial charge in [0.25, 0.3) is 0 Å². The molecule has 1 N–H and O–H groups in total. The number of aliphatic hydroxyl groups excluding tert-OH is 1. The Morgan fingerprint density at radius 1 is 1.20 bits per heavy atom. The smallest absolute Gasteiger partial charge is 0.0853 e. The van der Waals surface area contributed by atoms with Crippen molar-refractivity contribution in [3.05, 3.63) is 35.9 Å². The van der Waals surface area contributed by atoms with Gasteiger partial charge in [0, 0.05) is 6.42 Å². The lowest BCUT2D eigenvalue weighted by Gasteiger charge is -2.26. The molecule has 1 aromatic carbocycles. The summed E-state index contributed by atoms with van der Waals surface area (Å²) in [6.07, 6.45) is 0.640. The quantitative estimate of drug-likeness (QED) is 0.823. The van der Waals surface area contributed by atoms with E-state index in [0.717, 1.165) is 6.42 Å². The van der Waals surface area contributed by atoms with Crippen molar-refractivity contribution in [3.63, 3.8) is 0 Å². The van der Waals surface area contributed by atoms with Gasteiger partial charge < -0.3 is 9.84 Å². The van der Waals surface area contributed by atoms with E-state index in [1.54, 1.807) is 0 Å². The second kappa shape index (κ2) is 5.29. The van der Waals surface area contributed by atoms with Gasteiger partial charge in [0.1, 0.15) is 0 Å². The van der Waals surface area contributed by atoms with Gasteiger partial charge in [-0.25, -0.2) is 0 Å². The zero-order valence-electron chi connectivity index (χ0n) is 9.73. The van der Waals surface area contributed by atoms with Crippen LogP contribution in [0.4, 0.5) is 0 Å². The molecule has 0 aliphatic carbocycles. The highest BCUT2D eigenvalue weighted by Gasteiger charge is 2.18. The second-order valence-corrected chi connectivity index (χ2v) is 4.72. The molecule has 2 heteroatoms. The molecule has 0 spiro atoms. The summed E-state index contributed by atoms with van der Waals surface area (Å²) in [6.45, 7) is 6.06. The molecule has 0 heterocycles. The minimum Gasteiger partial charge on any atom is -0.394 e. The average molecular weight is 208 g/mol. The van der Waals surface area contributed by atoms with Crippen molar-refractivity contribution in [1.82, 2.24) is 0 Å². The second-order valence-electron chi connectivity index (χ2n) is 4.72. The maximum absolute atomic E-state index is 9.23. The number of hydrogen-bond acceptors (Lipinski definition) is 2. The Kier molecular flexibility index (Phi) is 4.30. The molecule has 0 saturated heterocycles. The summed E-state index contributed by atoms with van der Waals surface area (Å²) >= 11 is 0. The first-order valence-corrected chi connectivity index (χ1v) is 5.34. The summed E-state index contributed by atoms with van der Waals surface area (Å²) in [5, 5.41) is 9.23. The maximum Gasteiger partial charge on any atom is 0.0853 e. The van der Waals surface area contributed by atoms with Crippen LogP contribution in [-0.2, 0) is 11.2 Å². The maximum atomic E-state index is 9.23. The summed E-state index contributed by atoms with van der Waals surface area (Å²) in [6, 6.07) is 10.1. The van der Waals surface area contributed by atoms with Crippen molar-refractivity contribution in [2.24, 2.45) is 0 Å². The summed E-state index contributed by atoms with van der Waals surface area (Å²) in [5.41, 5.74) is 0.989. The van der Waals surface area contributed by atoms with Gasteiger partial charge in [-0.15, -0.1) is 0 Å². The lowest BCUT2D eigenvalue weighted by molar-refractivity contribution is -0.0791. The molecule has 1 rings (SSSR count). The topological polar surface area (TPSA) is 29.5 Å². The molecule has 84 valence electrons. The Balaban J connectivity index is 2.55. The first kappa shape index (κ1) is 12.2. The number of benzene rings is 1. The van der Waals surface area contributed by atoms with Crippen LogP contribution in [0.25, 0.3) is 0 Å². The monoisotopic (exact) mass is 208 g/mol. The number of hydrogen-bond donors (Lipinski definition) is 1. The van der Waals surface area contributed by atoms with Crippen LogP contribution in [0, 0.1) is 0 Å². The molecule has 0 aliphatic heterocycles. The molecule has 0 aliphatic rings. The van der Waals surface area contributed by atoms with Gasteiger partial charge in [0.2, 0.25) is 0 Å². The van der Waals surface area contributed by atoms with E-state index in [0.29, 0.717) is 0 Å². The third kappa shape index (κ3) is 4.96. The molecule has 0 aromatic heterocycles. The van der Waals surface area contributed by atoms with Crippen LogP contribution in [-0.4, -0.2) is 23.4 Å². The summed E-state index contributed by atoms with van der Waals surface area (Å²) < 4.78 is 5.74. The minimum atomic E-state index is -0.206. The van der Waals surface area contributed by atoms with Crippen molar-refractivity contribution in [2.45, 2.75) is 38.9 Å². The van der Waals surface area contributed by atoms with Crippen LogP contribution in [0.5, 0.6) is 0 Å². The molecular formula is C13H20O2. The molecule has 0 bridgehead atoms. The predicted molar refractivity (Wildman–Crippen MR) is 61.9 cm³/mol. The Labute approximate surface area is 91.9 Å². The van der Waals surface area contributed by atoms with E-state index < -0.39 is 0 Å². The highest BCUT2D eigenvalue weighted by atomic mass is 16.5. The Bertz CT molecular complexity index is 274. The van der Waals surface area contributed by atoms with Crippen LogP contribution in [0.1, 0.15) is 26.3 Å². The lowest BCUT2D eigenvalue weighted by atomic mass is 10.1. The van der Waals surface area contributed by atoms with Gasteiger partial charge in [0.05, 0.1) is 18.3 Å². The van der Waals surface area contributed by atoms with Crippen LogP contribution >= 0.6 is 0 Å². The highest BCUT2D eigenvalue weighted by Crippen LogP contribution is 2.14. The van der Waals surface area contributed by atoms with Crippen molar-refractivity contribution >= 4 is 0 Å². The Hall–Kier alpha value is -0.860. The summed E-state index contributed by atoms with van der Waals surface area (Å²) in [4.78, 5) is 0. The minimum absolute atomic E-state index is 0.0617. The summed E-state index contributed by atoms with van der Waals surface area (Å²) in [7, 11) is 0. The van der Waals surface area contributed by atoms with E-state index in [2.05, 4.69) is 12.1 Å². The molecule has 0 radical (unpaired) electrons. The lowest BCUT2D eigenvalue weighted by Crippen LogP contribution is -2.31. The molecule has 0 unspecified atom stereocenters. The van der Waals surface area contributed by atoms with Crippen LogP contribution in [0.2, 0.25) is 0 Å². The third-order valence-corrected chi connectivity index (χ3v) is 2.03. The fraction of sp³-hybridized carbons (Fsp3) is 0.538. The zero-order valence-corrected chi connectivity index (χ0v) is 9.73. The largest absolute Gasteiger partial charge is 0.394 e. The van der Waals surface area contributed by atoms with E-state index >= 15 is 0 Å². The van der Waals surface area contributed by atoms with E-state index in [1.807, 2.05) is 39.0 Å². The van der Waals surface area contributed by atoms with Gasteiger partial charge >= 0.3 is 0 Å². The average Bonchev–Trinajstić information content (AvgIpc) is 2.16. The molecule has 0 amide bonds. The normalized spacial score (nSPS) is 13.9. The molecule has 2 nitrogen and oxygen atoms in total. The molecule has 0 fully saturated rings. The third-order valence-electron chi connectivity index (χ3n) is 2.03. The Morgan fingerprint density at radius 2 is 1.80 bits per heavy atom. The predicted octanol–water partition coefficient (Wildman–Crippen LogP) is 2.41. The first-order chi connectivity index (χ1) is 7.01. The van der Waals surface area contributed by atoms with Crippen LogP contribution in [0.15, 0.2) is 30.3 Å². The molecule has 0 saturated carbocycles. The van der Waals surface area contributed by atoms with Gasteiger partial charge in [0.15, 0.2) is 0 Å². The fourth-order valence-corrected chi connectivity index (χ4v) is 1.52.